The fraction of sp³-hybridized carbons (Fsp3) is 0.467. The molecule has 734 valence electrons. The number of carbonyl (C=O) groups excluding carboxylic acids is 15. The van der Waals surface area contributed by atoms with Crippen LogP contribution >= 0.6 is 11.8 Å². The van der Waals surface area contributed by atoms with Crippen LogP contribution in [0, 0.1) is 29.2 Å². The van der Waals surface area contributed by atoms with E-state index in [2.05, 4.69) is 52.8 Å². The molecular formula is C92H115F4N17O22S. The lowest BCUT2D eigenvalue weighted by atomic mass is 9.98. The number of phenolic OH excluding ortho intramolecular Hbond substituents is 1. The van der Waals surface area contributed by atoms with Crippen molar-refractivity contribution in [3.8, 4) is 5.75 Å². The first-order chi connectivity index (χ1) is 64.5. The molecule has 1 aromatic heterocycles. The number of nitrogens with one attached hydrogen (secondary N) is 10. The number of aliphatic carboxylic acids is 2. The van der Waals surface area contributed by atoms with Crippen LogP contribution in [0.25, 0.3) is 10.9 Å². The summed E-state index contributed by atoms with van der Waals surface area (Å²) in [6, 6.07) is 2.41. The highest BCUT2D eigenvalue weighted by Gasteiger charge is 2.48. The number of aromatic nitrogens is 1. The van der Waals surface area contributed by atoms with Crippen LogP contribution < -0.4 is 59.3 Å². The van der Waals surface area contributed by atoms with E-state index in [4.69, 9.17) is 11.5 Å². The van der Waals surface area contributed by atoms with Crippen molar-refractivity contribution in [3.05, 3.63) is 173 Å². The number of H-pyrrole nitrogens is 1. The molecule has 0 saturated carbocycles. The van der Waals surface area contributed by atoms with E-state index in [1.165, 1.54) is 56.4 Å². The number of phenols is 1. The van der Waals surface area contributed by atoms with Gasteiger partial charge in [-0.25, -0.2) is 17.6 Å². The minimum absolute atomic E-state index is 0.0226. The Bertz CT molecular complexity index is 5310. The third-order valence-electron chi connectivity index (χ3n) is 23.8. The van der Waals surface area contributed by atoms with Crippen LogP contribution in [-0.4, -0.2) is 305 Å². The van der Waals surface area contributed by atoms with Crippen molar-refractivity contribution in [2.45, 2.75) is 208 Å². The Morgan fingerprint density at radius 3 is 1.64 bits per heavy atom. The number of nitrogens with zero attached hydrogens (tertiary/aromatic N) is 5. The maximum absolute atomic E-state index is 15.7. The highest BCUT2D eigenvalue weighted by atomic mass is 32.2. The Hall–Kier alpha value is -13.6. The number of fused-ring (bicyclic) bond motifs is 3. The summed E-state index contributed by atoms with van der Waals surface area (Å²) < 4.78 is 59.8. The average molecular weight is 1920 g/mol. The number of likely N-dealkylation sites (N-methyl/N-ethyl adjacent to an activating group) is 3. The van der Waals surface area contributed by atoms with E-state index in [9.17, 15) is 72.7 Å². The minimum atomic E-state index is -2.10. The number of hydrogen-bond donors (Lipinski definition) is 17. The van der Waals surface area contributed by atoms with Crippen molar-refractivity contribution in [3.63, 3.8) is 0 Å². The number of amides is 15. The van der Waals surface area contributed by atoms with Gasteiger partial charge in [0.05, 0.1) is 30.9 Å². The summed E-state index contributed by atoms with van der Waals surface area (Å²) in [5.74, 6) is -28.6. The fourth-order valence-corrected chi connectivity index (χ4v) is 17.2. The zero-order valence-electron chi connectivity index (χ0n) is 75.6. The standard InChI is InChI=1S/C92H115F4N17O22S/c1-7-8-20-69-91(134)113-45-57(116)40-72(113)87(130)106-66(41-77(121)122)84(127)108-79(48(2)3)92(135)110(5)70(36-49-15-10-9-11-16-49)85(128)103-63(29-30-76(119)120)89(132)112-44-56(115)39-71(112)86(129)105-65(38-53-42-99-61-18-13-12-17-58(53)61)83(126)104-64(34-50-23-27-55(114)28-24-50)82(125)102-62(19-14-31-97)81(124)107-68(80(123)100-43-74(98)117)46-136-47-75(118)101-67(35-52-32-59(94)78(96)60(95)33-52)88(131)111(6)73(90(133)109(69)4)37-51-21-25-54(93)26-22-51/h9-13,15-18,21-28,32-33,42,48,56-57,62-73,79,99,114-116H,7-8,14,19-20,29-31,34-41,43-47,97H2,1-6H3,(H2,98,117)(H,100,123)(H,101,118)(H,102,125)(H,103,128)(H,104,126)(H,105,129)(H,106,130)(H,107,124)(H,108,127)(H,119,120)(H,121,122)/t56-,57-,62+,63-,64+,65+,66+,67+,68+,69+,70-,71-,72-,73+,79+/m1/s1. The van der Waals surface area contributed by atoms with Gasteiger partial charge in [-0.2, -0.15) is 0 Å². The number of carboxylic acid groups (broad SMARTS) is 2. The zero-order valence-corrected chi connectivity index (χ0v) is 76.4. The van der Waals surface area contributed by atoms with Crippen LogP contribution in [0.2, 0.25) is 0 Å². The number of nitrogens with two attached hydrogens (primary N) is 2. The molecule has 0 radical (unpaired) electrons. The SMILES string of the molecule is CCCC[C@H]1C(=O)N2C[C@H](O)C[C@@H]2C(=O)N[C@@H](CC(=O)O)C(=O)N[C@@H](C(C)C)C(=O)N(C)[C@H](Cc2ccccc2)C(=O)N[C@H](CCC(=O)O)C(=O)N2C[C@H](O)C[C@@H]2C(=O)N[C@@H](Cc2c[nH]c3ccccc23)C(=O)N[C@@H](Cc2ccc(O)cc2)C(=O)N[C@@H](CCCN)C(=O)N[C@H](C(=O)NCC(N)=O)CSCC(=O)N[C@@H](Cc2cc(F)c(F)c(F)c2)C(=O)N(C)[C@@H](Cc2ccc(F)cc2)C(=O)N1C. The molecule has 15 amide bonds. The van der Waals surface area contributed by atoms with Crippen molar-refractivity contribution >= 4 is 123 Å². The fourth-order valence-electron chi connectivity index (χ4n) is 16.4. The van der Waals surface area contributed by atoms with Crippen LogP contribution in [0.5, 0.6) is 5.75 Å². The van der Waals surface area contributed by atoms with Gasteiger partial charge in [0.1, 0.15) is 90.1 Å². The van der Waals surface area contributed by atoms with Crippen molar-refractivity contribution in [1.29, 1.82) is 0 Å². The second-order valence-corrected chi connectivity index (χ2v) is 35.3. The first-order valence-electron chi connectivity index (χ1n) is 44.3. The normalized spacial score (nSPS) is 24.4. The van der Waals surface area contributed by atoms with E-state index < -0.39 is 315 Å². The summed E-state index contributed by atoms with van der Waals surface area (Å²) in [7, 11) is 3.39. The van der Waals surface area contributed by atoms with Crippen molar-refractivity contribution < 1.29 is 125 Å². The number of carbonyl (C=O) groups is 17. The molecule has 0 unspecified atom stereocenters. The molecule has 0 spiro atoms. The Balaban J connectivity index is 1.15. The van der Waals surface area contributed by atoms with Gasteiger partial charge in [-0.3, -0.25) is 81.5 Å². The van der Waals surface area contributed by atoms with Crippen LogP contribution in [0.1, 0.15) is 113 Å². The number of thioether (sulfide) groups is 1. The lowest BCUT2D eigenvalue weighted by Gasteiger charge is -2.38. The number of benzene rings is 5. The molecule has 3 fully saturated rings. The molecule has 0 aliphatic carbocycles. The summed E-state index contributed by atoms with van der Waals surface area (Å²) in [5, 5.41) is 76.9. The Kier molecular flexibility index (Phi) is 38.7. The molecule has 0 bridgehead atoms. The van der Waals surface area contributed by atoms with Crippen molar-refractivity contribution in [2.24, 2.45) is 17.4 Å². The predicted molar refractivity (Wildman–Crippen MR) is 483 cm³/mol. The molecule has 3 aliphatic heterocycles. The Labute approximate surface area is 783 Å². The van der Waals surface area contributed by atoms with E-state index in [1.54, 1.807) is 61.5 Å². The topological polar surface area (TPSA) is 584 Å². The molecule has 3 aliphatic rings. The Morgan fingerprint density at radius 1 is 0.515 bits per heavy atom. The Morgan fingerprint density at radius 2 is 1.04 bits per heavy atom. The molecule has 6 aromatic rings. The van der Waals surface area contributed by atoms with Gasteiger partial charge in [-0.1, -0.05) is 106 Å². The molecule has 44 heteroatoms. The summed E-state index contributed by atoms with van der Waals surface area (Å²) >= 11 is 0.594. The molecule has 4 heterocycles. The van der Waals surface area contributed by atoms with Gasteiger partial charge >= 0.3 is 11.9 Å². The second kappa shape index (κ2) is 49.6. The van der Waals surface area contributed by atoms with Crippen LogP contribution in [0.4, 0.5) is 17.6 Å². The van der Waals surface area contributed by atoms with Crippen LogP contribution in [0.15, 0.2) is 121 Å². The molecular weight excluding hydrogens is 1800 g/mol. The van der Waals surface area contributed by atoms with Gasteiger partial charge in [0.25, 0.3) is 0 Å². The minimum Gasteiger partial charge on any atom is -0.508 e. The van der Waals surface area contributed by atoms with Crippen molar-refractivity contribution in [2.75, 3.05) is 58.8 Å². The number of para-hydroxylation sites is 1. The molecule has 5 aromatic carbocycles. The van der Waals surface area contributed by atoms with E-state index >= 15 is 51.9 Å². The summed E-state index contributed by atoms with van der Waals surface area (Å²) in [6.45, 7) is 2.45. The van der Waals surface area contributed by atoms with Gasteiger partial charge in [-0.15, -0.1) is 11.8 Å². The van der Waals surface area contributed by atoms with Gasteiger partial charge < -0.3 is 114 Å². The highest BCUT2D eigenvalue weighted by molar-refractivity contribution is 8.00. The van der Waals surface area contributed by atoms with Crippen LogP contribution in [-0.2, 0) is 114 Å². The number of rotatable bonds is 25. The van der Waals surface area contributed by atoms with Gasteiger partial charge in [-0.05, 0) is 108 Å². The van der Waals surface area contributed by atoms with E-state index in [1.807, 2.05) is 0 Å². The lowest BCUT2D eigenvalue weighted by Crippen LogP contribution is -2.62. The van der Waals surface area contributed by atoms with Gasteiger partial charge in [0, 0.05) is 108 Å². The van der Waals surface area contributed by atoms with Crippen molar-refractivity contribution in [1.82, 2.24) is 77.3 Å². The van der Waals surface area contributed by atoms with E-state index in [0.717, 1.165) is 57.8 Å². The second-order valence-electron chi connectivity index (χ2n) is 34.2. The first-order valence-corrected chi connectivity index (χ1v) is 45.4. The lowest BCUT2D eigenvalue weighted by molar-refractivity contribution is -0.152. The maximum atomic E-state index is 15.7. The maximum Gasteiger partial charge on any atom is 0.305 e. The quantitative estimate of drug-likeness (QED) is 0.0254. The molecule has 15 atom stereocenters. The van der Waals surface area contributed by atoms with E-state index in [-0.39, 0.29) is 55.5 Å². The monoisotopic (exact) mass is 1920 g/mol. The number of halogens is 4. The number of aromatic amines is 1. The average Bonchev–Trinajstić information content (AvgIpc) is 1.52. The van der Waals surface area contributed by atoms with Gasteiger partial charge in [0.15, 0.2) is 17.5 Å². The number of aromatic hydroxyl groups is 1. The smallest absolute Gasteiger partial charge is 0.305 e. The largest absolute Gasteiger partial charge is 0.508 e. The number of carboxylic acids is 2. The number of hydrogen-bond acceptors (Lipinski definition) is 22. The molecule has 19 N–H and O–H groups in total. The number of primary amides is 1. The van der Waals surface area contributed by atoms with E-state index in [0.29, 0.717) is 52.3 Å². The molecule has 39 nitrogen and oxygen atoms in total. The van der Waals surface area contributed by atoms with Crippen LogP contribution in [0.3, 0.4) is 0 Å². The predicted octanol–water partition coefficient (Wildman–Crippen LogP) is -0.501. The molecule has 3 saturated heterocycles. The number of unbranched alkanes of at least 4 members (excludes halogenated alkanes) is 1. The number of aliphatic hydroxyl groups excluding tert-OH is 2. The molecule has 136 heavy (non-hydrogen) atoms. The highest BCUT2D eigenvalue weighted by Crippen LogP contribution is 2.29. The zero-order chi connectivity index (χ0) is 99.6. The third-order valence-corrected chi connectivity index (χ3v) is 24.8. The first kappa shape index (κ1) is 106. The van der Waals surface area contributed by atoms with Gasteiger partial charge in [0.2, 0.25) is 88.6 Å². The summed E-state index contributed by atoms with van der Waals surface area (Å²) in [5.41, 5.74) is 12.8. The number of aliphatic hydroxyl groups is 2. The summed E-state index contributed by atoms with van der Waals surface area (Å²) in [6.07, 6.45) is -7.87. The third kappa shape index (κ3) is 29.2. The molecule has 9 rings (SSSR count). The summed E-state index contributed by atoms with van der Waals surface area (Å²) in [4.78, 5) is 257.